The molecule has 0 radical (unpaired) electrons. The van der Waals surface area contributed by atoms with E-state index in [1.54, 1.807) is 0 Å². The van der Waals surface area contributed by atoms with Crippen molar-refractivity contribution in [3.63, 3.8) is 0 Å². The maximum Gasteiger partial charge on any atom is 0.00929 e. The summed E-state index contributed by atoms with van der Waals surface area (Å²) in [4.78, 5) is 2.74. The average Bonchev–Trinajstić information content (AvgIpc) is 2.37. The van der Waals surface area contributed by atoms with Crippen molar-refractivity contribution in [3.8, 4) is 0 Å². The van der Waals surface area contributed by atoms with E-state index in [-0.39, 0.29) is 0 Å². The Morgan fingerprint density at radius 2 is 1.80 bits per heavy atom. The standard InChI is InChI=1S/C18H36N2/c1-12(2)16-6-7-18(19)17(9-16)11-20-10-13(3)8-14(4)15(20)5/h12-18H,6-11,19H2,1-5H3. The van der Waals surface area contributed by atoms with Crippen molar-refractivity contribution in [1.82, 2.24) is 4.90 Å². The Bertz CT molecular complexity index is 302. The lowest BCUT2D eigenvalue weighted by Crippen LogP contribution is -2.51. The zero-order chi connectivity index (χ0) is 14.9. The van der Waals surface area contributed by atoms with Gasteiger partial charge >= 0.3 is 0 Å². The molecule has 2 fully saturated rings. The topological polar surface area (TPSA) is 29.3 Å². The summed E-state index contributed by atoms with van der Waals surface area (Å²) in [5.74, 6) is 4.12. The summed E-state index contributed by atoms with van der Waals surface area (Å²) in [6.07, 6.45) is 5.33. The molecule has 2 heteroatoms. The number of nitrogens with zero attached hydrogens (tertiary/aromatic N) is 1. The predicted molar refractivity (Wildman–Crippen MR) is 87.6 cm³/mol. The first-order valence-electron chi connectivity index (χ1n) is 8.88. The molecule has 1 saturated carbocycles. The Kier molecular flexibility index (Phi) is 5.53. The Balaban J connectivity index is 1.96. The molecule has 2 rings (SSSR count). The van der Waals surface area contributed by atoms with Gasteiger partial charge in [0.1, 0.15) is 0 Å². The maximum absolute atomic E-state index is 6.45. The number of hydrogen-bond donors (Lipinski definition) is 1. The average molecular weight is 281 g/mol. The number of hydrogen-bond acceptors (Lipinski definition) is 2. The molecule has 0 amide bonds. The van der Waals surface area contributed by atoms with Gasteiger partial charge in [-0.1, -0.05) is 27.7 Å². The molecule has 1 aliphatic carbocycles. The number of likely N-dealkylation sites (tertiary alicyclic amines) is 1. The van der Waals surface area contributed by atoms with Crippen LogP contribution in [0.3, 0.4) is 0 Å². The molecular weight excluding hydrogens is 244 g/mol. The number of rotatable bonds is 3. The van der Waals surface area contributed by atoms with Gasteiger partial charge in [-0.05, 0) is 62.2 Å². The van der Waals surface area contributed by atoms with Crippen LogP contribution < -0.4 is 5.73 Å². The highest BCUT2D eigenvalue weighted by Gasteiger charge is 2.34. The molecule has 0 aromatic carbocycles. The van der Waals surface area contributed by atoms with E-state index in [9.17, 15) is 0 Å². The van der Waals surface area contributed by atoms with Crippen molar-refractivity contribution in [3.05, 3.63) is 0 Å². The van der Waals surface area contributed by atoms with E-state index in [0.29, 0.717) is 6.04 Å². The quantitative estimate of drug-likeness (QED) is 0.853. The lowest BCUT2D eigenvalue weighted by atomic mass is 9.73. The monoisotopic (exact) mass is 280 g/mol. The maximum atomic E-state index is 6.45. The van der Waals surface area contributed by atoms with Gasteiger partial charge in [0.15, 0.2) is 0 Å². The fourth-order valence-corrected chi connectivity index (χ4v) is 4.51. The van der Waals surface area contributed by atoms with Crippen LogP contribution >= 0.6 is 0 Å². The van der Waals surface area contributed by atoms with Crippen LogP contribution in [0.4, 0.5) is 0 Å². The molecule has 1 heterocycles. The summed E-state index contributed by atoms with van der Waals surface area (Å²) >= 11 is 0. The Morgan fingerprint density at radius 3 is 2.45 bits per heavy atom. The van der Waals surface area contributed by atoms with Crippen LogP contribution in [-0.2, 0) is 0 Å². The highest BCUT2D eigenvalue weighted by molar-refractivity contribution is 4.89. The van der Waals surface area contributed by atoms with E-state index in [1.165, 1.54) is 38.8 Å². The first-order chi connectivity index (χ1) is 9.38. The van der Waals surface area contributed by atoms with E-state index < -0.39 is 0 Å². The smallest absolute Gasteiger partial charge is 0.00929 e. The first-order valence-corrected chi connectivity index (χ1v) is 8.88. The van der Waals surface area contributed by atoms with Gasteiger partial charge in [0.2, 0.25) is 0 Å². The molecule has 20 heavy (non-hydrogen) atoms. The molecule has 0 aromatic heterocycles. The summed E-state index contributed by atoms with van der Waals surface area (Å²) in [6, 6.07) is 1.17. The molecule has 0 spiro atoms. The van der Waals surface area contributed by atoms with E-state index in [4.69, 9.17) is 5.73 Å². The van der Waals surface area contributed by atoms with Crippen molar-refractivity contribution in [2.75, 3.05) is 13.1 Å². The summed E-state index contributed by atoms with van der Waals surface area (Å²) in [7, 11) is 0. The van der Waals surface area contributed by atoms with Crippen LogP contribution in [-0.4, -0.2) is 30.1 Å². The second kappa shape index (κ2) is 6.79. The highest BCUT2D eigenvalue weighted by atomic mass is 15.2. The Morgan fingerprint density at radius 1 is 1.10 bits per heavy atom. The second-order valence-electron chi connectivity index (χ2n) is 8.25. The van der Waals surface area contributed by atoms with Gasteiger partial charge in [-0.3, -0.25) is 4.90 Å². The van der Waals surface area contributed by atoms with Gasteiger partial charge in [0, 0.05) is 25.2 Å². The molecule has 6 atom stereocenters. The molecule has 0 aromatic rings. The van der Waals surface area contributed by atoms with Crippen molar-refractivity contribution >= 4 is 0 Å². The lowest BCUT2D eigenvalue weighted by molar-refractivity contribution is 0.0450. The summed E-state index contributed by atoms with van der Waals surface area (Å²) in [5.41, 5.74) is 6.45. The van der Waals surface area contributed by atoms with Crippen LogP contribution in [0.2, 0.25) is 0 Å². The number of piperidine rings is 1. The predicted octanol–water partition coefficient (Wildman–Crippen LogP) is 3.75. The SMILES string of the molecule is CC1CC(C)C(C)N(CC2CC(C(C)C)CCC2N)C1. The summed E-state index contributed by atoms with van der Waals surface area (Å²) in [6.45, 7) is 14.5. The van der Waals surface area contributed by atoms with Gasteiger partial charge in [-0.15, -0.1) is 0 Å². The fourth-order valence-electron chi connectivity index (χ4n) is 4.51. The summed E-state index contributed by atoms with van der Waals surface area (Å²) < 4.78 is 0. The van der Waals surface area contributed by atoms with Crippen molar-refractivity contribution in [1.29, 1.82) is 0 Å². The van der Waals surface area contributed by atoms with Gasteiger partial charge < -0.3 is 5.73 Å². The molecule has 2 N–H and O–H groups in total. The Hall–Kier alpha value is -0.0800. The fraction of sp³-hybridized carbons (Fsp3) is 1.00. The van der Waals surface area contributed by atoms with Crippen LogP contribution in [0.5, 0.6) is 0 Å². The van der Waals surface area contributed by atoms with Crippen molar-refractivity contribution in [2.45, 2.75) is 72.4 Å². The van der Waals surface area contributed by atoms with Crippen LogP contribution in [0.15, 0.2) is 0 Å². The van der Waals surface area contributed by atoms with E-state index in [2.05, 4.69) is 39.5 Å². The molecule has 0 bridgehead atoms. The largest absolute Gasteiger partial charge is 0.327 e. The lowest BCUT2D eigenvalue weighted by Gasteiger charge is -2.45. The highest BCUT2D eigenvalue weighted by Crippen LogP contribution is 2.35. The minimum Gasteiger partial charge on any atom is -0.327 e. The van der Waals surface area contributed by atoms with Crippen LogP contribution in [0, 0.1) is 29.6 Å². The molecule has 1 saturated heterocycles. The molecular formula is C18H36N2. The van der Waals surface area contributed by atoms with Crippen molar-refractivity contribution < 1.29 is 0 Å². The number of nitrogens with two attached hydrogens (primary N) is 1. The molecule has 2 aliphatic rings. The third-order valence-corrected chi connectivity index (χ3v) is 6.21. The van der Waals surface area contributed by atoms with Crippen LogP contribution in [0.1, 0.15) is 60.3 Å². The molecule has 2 nitrogen and oxygen atoms in total. The minimum absolute atomic E-state index is 0.435. The van der Waals surface area contributed by atoms with E-state index in [1.807, 2.05) is 0 Å². The van der Waals surface area contributed by atoms with Crippen LogP contribution in [0.25, 0.3) is 0 Å². The third kappa shape index (κ3) is 3.76. The molecule has 1 aliphatic heterocycles. The first kappa shape index (κ1) is 16.3. The summed E-state index contributed by atoms with van der Waals surface area (Å²) in [5, 5.41) is 0. The molecule has 6 unspecified atom stereocenters. The second-order valence-corrected chi connectivity index (χ2v) is 8.25. The van der Waals surface area contributed by atoms with Gasteiger partial charge in [0.05, 0.1) is 0 Å². The van der Waals surface area contributed by atoms with Gasteiger partial charge in [-0.2, -0.15) is 0 Å². The normalized spacial score (nSPS) is 44.0. The third-order valence-electron chi connectivity index (χ3n) is 6.21. The van der Waals surface area contributed by atoms with Gasteiger partial charge in [-0.25, -0.2) is 0 Å². The zero-order valence-corrected chi connectivity index (χ0v) is 14.3. The Labute approximate surface area is 126 Å². The van der Waals surface area contributed by atoms with E-state index >= 15 is 0 Å². The van der Waals surface area contributed by atoms with Gasteiger partial charge in [0.25, 0.3) is 0 Å². The van der Waals surface area contributed by atoms with Crippen molar-refractivity contribution in [2.24, 2.45) is 35.3 Å². The van der Waals surface area contributed by atoms with E-state index in [0.717, 1.165) is 35.6 Å². The zero-order valence-electron chi connectivity index (χ0n) is 14.3. The minimum atomic E-state index is 0.435. The molecule has 118 valence electrons.